The highest BCUT2D eigenvalue weighted by atomic mass is 19.1. The van der Waals surface area contributed by atoms with E-state index in [0.717, 1.165) is 64.5 Å². The molecule has 2 amide bonds. The van der Waals surface area contributed by atoms with Crippen LogP contribution in [0.25, 0.3) is 0 Å². The smallest absolute Gasteiger partial charge is 0.407 e. The number of nitrogens with one attached hydrogen (secondary N) is 1. The number of halogens is 1. The van der Waals surface area contributed by atoms with Crippen LogP contribution >= 0.6 is 0 Å². The molecule has 2 N–H and O–H groups in total. The van der Waals surface area contributed by atoms with E-state index in [2.05, 4.69) is 17.1 Å². The van der Waals surface area contributed by atoms with Gasteiger partial charge in [0.15, 0.2) is 0 Å². The van der Waals surface area contributed by atoms with Crippen LogP contribution in [0.15, 0.2) is 0 Å². The summed E-state index contributed by atoms with van der Waals surface area (Å²) in [6, 6.07) is 0.520. The fraction of sp³-hybridized carbons (Fsp3) is 0.905. The Balaban J connectivity index is 1.29. The van der Waals surface area contributed by atoms with E-state index in [9.17, 15) is 19.1 Å². The van der Waals surface area contributed by atoms with Gasteiger partial charge in [0, 0.05) is 25.0 Å². The number of hydrogen-bond donors (Lipinski definition) is 2. The van der Waals surface area contributed by atoms with Crippen molar-refractivity contribution < 1.29 is 19.1 Å². The molecule has 2 heterocycles. The number of hydrogen-bond acceptors (Lipinski definition) is 3. The van der Waals surface area contributed by atoms with E-state index in [1.54, 1.807) is 4.90 Å². The standard InChI is InChI=1S/C21H34FN3O3/c1-2-16-17(12-20(16)8-11-25(14-20)19(27)28)24-9-4-15(5-10-24)18(26)23-21(13-22)6-3-7-21/h15-17H,2-14H2,1H3,(H,23,26)(H,27,28)/t16?,17?,20-/m1/s1. The van der Waals surface area contributed by atoms with Crippen LogP contribution < -0.4 is 5.32 Å². The van der Waals surface area contributed by atoms with Crippen molar-refractivity contribution in [3.8, 4) is 0 Å². The summed E-state index contributed by atoms with van der Waals surface area (Å²) in [5, 5.41) is 12.3. The quantitative estimate of drug-likeness (QED) is 0.751. The van der Waals surface area contributed by atoms with E-state index in [1.165, 1.54) is 0 Å². The number of carbonyl (C=O) groups excluding carboxylic acids is 1. The minimum absolute atomic E-state index is 0.00312. The summed E-state index contributed by atoms with van der Waals surface area (Å²) >= 11 is 0. The first kappa shape index (κ1) is 19.9. The molecule has 0 bridgehead atoms. The predicted octanol–water partition coefficient (Wildman–Crippen LogP) is 2.88. The highest BCUT2D eigenvalue weighted by molar-refractivity contribution is 5.79. The Bertz CT molecular complexity index is 613. The van der Waals surface area contributed by atoms with Gasteiger partial charge in [0.05, 0.1) is 5.54 Å². The van der Waals surface area contributed by atoms with Crippen LogP contribution in [-0.2, 0) is 4.79 Å². The van der Waals surface area contributed by atoms with Crippen molar-refractivity contribution in [1.82, 2.24) is 15.1 Å². The number of piperidine rings is 1. The molecule has 4 rings (SSSR count). The Hall–Kier alpha value is -1.37. The van der Waals surface area contributed by atoms with Crippen molar-refractivity contribution in [1.29, 1.82) is 0 Å². The molecule has 4 aliphatic rings. The molecule has 2 saturated carbocycles. The second-order valence-electron chi connectivity index (χ2n) is 9.67. The molecule has 6 nitrogen and oxygen atoms in total. The third-order valence-electron chi connectivity index (χ3n) is 8.29. The van der Waals surface area contributed by atoms with Crippen molar-refractivity contribution in [2.45, 2.75) is 69.9 Å². The molecule has 0 radical (unpaired) electrons. The van der Waals surface area contributed by atoms with Gasteiger partial charge >= 0.3 is 6.09 Å². The number of rotatable bonds is 5. The number of likely N-dealkylation sites (tertiary alicyclic amines) is 2. The molecule has 28 heavy (non-hydrogen) atoms. The number of alkyl halides is 1. The SMILES string of the molecule is CCC1C(N2CCC(C(=O)NC3(CF)CCC3)CC2)C[C@@]12CCN(C(=O)O)C2. The molecule has 2 aliphatic carbocycles. The van der Waals surface area contributed by atoms with Crippen molar-refractivity contribution in [2.75, 3.05) is 32.9 Å². The zero-order valence-corrected chi connectivity index (χ0v) is 17.0. The van der Waals surface area contributed by atoms with Crippen molar-refractivity contribution in [2.24, 2.45) is 17.3 Å². The first-order valence-corrected chi connectivity index (χ1v) is 11.0. The van der Waals surface area contributed by atoms with E-state index >= 15 is 0 Å². The molecule has 2 aliphatic heterocycles. The molecule has 0 aromatic rings. The van der Waals surface area contributed by atoms with Gasteiger partial charge < -0.3 is 20.2 Å². The Morgan fingerprint density at radius 1 is 1.18 bits per heavy atom. The van der Waals surface area contributed by atoms with Crippen molar-refractivity contribution in [3.05, 3.63) is 0 Å². The summed E-state index contributed by atoms with van der Waals surface area (Å²) in [5.74, 6) is 0.595. The molecule has 158 valence electrons. The lowest BCUT2D eigenvalue weighted by molar-refractivity contribution is -0.132. The van der Waals surface area contributed by atoms with Gasteiger partial charge in [-0.15, -0.1) is 0 Å². The van der Waals surface area contributed by atoms with E-state index in [1.807, 2.05) is 0 Å². The van der Waals surface area contributed by atoms with Crippen LogP contribution in [-0.4, -0.2) is 71.3 Å². The maximum atomic E-state index is 13.3. The summed E-state index contributed by atoms with van der Waals surface area (Å²) in [5.41, 5.74) is -0.399. The number of carbonyl (C=O) groups is 2. The molecule has 3 atom stereocenters. The van der Waals surface area contributed by atoms with Crippen LogP contribution in [0.1, 0.15) is 58.3 Å². The van der Waals surface area contributed by atoms with E-state index in [-0.39, 0.29) is 17.2 Å². The lowest BCUT2D eigenvalue weighted by atomic mass is 9.54. The van der Waals surface area contributed by atoms with Crippen molar-refractivity contribution in [3.63, 3.8) is 0 Å². The number of amides is 2. The largest absolute Gasteiger partial charge is 0.465 e. The molecule has 2 unspecified atom stereocenters. The monoisotopic (exact) mass is 395 g/mol. The zero-order chi connectivity index (χ0) is 19.9. The molecule has 1 spiro atoms. The predicted molar refractivity (Wildman–Crippen MR) is 104 cm³/mol. The second-order valence-corrected chi connectivity index (χ2v) is 9.67. The average Bonchev–Trinajstić information content (AvgIpc) is 3.11. The summed E-state index contributed by atoms with van der Waals surface area (Å²) < 4.78 is 13.3. The van der Waals surface area contributed by atoms with E-state index in [0.29, 0.717) is 25.0 Å². The van der Waals surface area contributed by atoms with Crippen LogP contribution in [0.2, 0.25) is 0 Å². The first-order valence-electron chi connectivity index (χ1n) is 11.0. The van der Waals surface area contributed by atoms with Crippen LogP contribution in [0.5, 0.6) is 0 Å². The number of carboxylic acid groups (broad SMARTS) is 1. The maximum absolute atomic E-state index is 13.3. The maximum Gasteiger partial charge on any atom is 0.407 e. The highest BCUT2D eigenvalue weighted by Crippen LogP contribution is 2.56. The molecule has 7 heteroatoms. The van der Waals surface area contributed by atoms with Crippen LogP contribution in [0.4, 0.5) is 9.18 Å². The zero-order valence-electron chi connectivity index (χ0n) is 17.0. The summed E-state index contributed by atoms with van der Waals surface area (Å²) in [6.45, 7) is 4.95. The highest BCUT2D eigenvalue weighted by Gasteiger charge is 2.58. The Morgan fingerprint density at radius 3 is 2.39 bits per heavy atom. The van der Waals surface area contributed by atoms with Gasteiger partial charge in [-0.2, -0.15) is 0 Å². The molecule has 0 aromatic carbocycles. The Labute approximate surface area is 166 Å². The van der Waals surface area contributed by atoms with Gasteiger partial charge in [-0.25, -0.2) is 9.18 Å². The lowest BCUT2D eigenvalue weighted by Gasteiger charge is -2.58. The minimum atomic E-state index is -0.792. The van der Waals surface area contributed by atoms with Gasteiger partial charge in [0.2, 0.25) is 5.91 Å². The summed E-state index contributed by atoms with van der Waals surface area (Å²) in [4.78, 5) is 28.0. The average molecular weight is 396 g/mol. The Morgan fingerprint density at radius 2 is 1.89 bits per heavy atom. The molecular formula is C21H34FN3O3. The third kappa shape index (κ3) is 3.29. The number of nitrogens with zero attached hydrogens (tertiary/aromatic N) is 2. The van der Waals surface area contributed by atoms with Crippen LogP contribution in [0, 0.1) is 17.3 Å². The molecule has 2 saturated heterocycles. The van der Waals surface area contributed by atoms with Gasteiger partial charge in [-0.3, -0.25) is 4.79 Å². The molecule has 4 fully saturated rings. The normalized spacial score (nSPS) is 35.4. The topological polar surface area (TPSA) is 72.9 Å². The fourth-order valence-electron chi connectivity index (χ4n) is 6.33. The van der Waals surface area contributed by atoms with Gasteiger partial charge in [0.1, 0.15) is 6.67 Å². The van der Waals surface area contributed by atoms with E-state index in [4.69, 9.17) is 0 Å². The molecule has 0 aromatic heterocycles. The van der Waals surface area contributed by atoms with Gasteiger partial charge in [-0.05, 0) is 69.4 Å². The first-order chi connectivity index (χ1) is 13.4. The summed E-state index contributed by atoms with van der Waals surface area (Å²) in [6.07, 6.45) is 6.58. The van der Waals surface area contributed by atoms with Crippen LogP contribution in [0.3, 0.4) is 0 Å². The fourth-order valence-corrected chi connectivity index (χ4v) is 6.33. The van der Waals surface area contributed by atoms with Crippen molar-refractivity contribution >= 4 is 12.0 Å². The van der Waals surface area contributed by atoms with Gasteiger partial charge in [-0.1, -0.05) is 13.3 Å². The summed E-state index contributed by atoms with van der Waals surface area (Å²) in [7, 11) is 0. The third-order valence-corrected chi connectivity index (χ3v) is 8.29. The Kier molecular flexibility index (Phi) is 5.31. The lowest BCUT2D eigenvalue weighted by Crippen LogP contribution is -2.62. The second kappa shape index (κ2) is 7.47. The minimum Gasteiger partial charge on any atom is -0.465 e. The van der Waals surface area contributed by atoms with Gasteiger partial charge in [0.25, 0.3) is 0 Å². The van der Waals surface area contributed by atoms with E-state index < -0.39 is 18.3 Å². The molecular weight excluding hydrogens is 361 g/mol.